The summed E-state index contributed by atoms with van der Waals surface area (Å²) in [6.45, 7) is 2.04. The maximum absolute atomic E-state index is 12.7. The number of nitro benzene ring substituents is 1. The van der Waals surface area contributed by atoms with Crippen LogP contribution in [0.4, 0.5) is 5.69 Å². The van der Waals surface area contributed by atoms with Gasteiger partial charge in [-0.3, -0.25) is 14.9 Å². The van der Waals surface area contributed by atoms with E-state index in [2.05, 4.69) is 10.1 Å². The predicted molar refractivity (Wildman–Crippen MR) is 120 cm³/mol. The second-order valence-corrected chi connectivity index (χ2v) is 7.07. The van der Waals surface area contributed by atoms with Gasteiger partial charge in [0.15, 0.2) is 0 Å². The van der Waals surface area contributed by atoms with Crippen LogP contribution in [0.15, 0.2) is 81.4 Å². The zero-order valence-corrected chi connectivity index (χ0v) is 17.0. The third-order valence-electron chi connectivity index (χ3n) is 4.78. The number of H-pyrrole nitrogens is 1. The van der Waals surface area contributed by atoms with Crippen LogP contribution in [0.5, 0.6) is 5.75 Å². The highest BCUT2D eigenvalue weighted by atomic mass is 16.6. The van der Waals surface area contributed by atoms with Gasteiger partial charge in [0.05, 0.1) is 22.0 Å². The lowest BCUT2D eigenvalue weighted by atomic mass is 10.1. The molecule has 3 aromatic carbocycles. The van der Waals surface area contributed by atoms with E-state index in [1.807, 2.05) is 31.2 Å². The van der Waals surface area contributed by atoms with Gasteiger partial charge in [0.1, 0.15) is 6.61 Å². The maximum Gasteiger partial charge on any atom is 0.349 e. The van der Waals surface area contributed by atoms with Gasteiger partial charge in [-0.2, -0.15) is 5.10 Å². The van der Waals surface area contributed by atoms with E-state index in [0.29, 0.717) is 15.6 Å². The number of rotatable bonds is 6. The van der Waals surface area contributed by atoms with Crippen LogP contribution in [-0.4, -0.2) is 20.8 Å². The summed E-state index contributed by atoms with van der Waals surface area (Å²) in [5.74, 6) is -0.00646. The van der Waals surface area contributed by atoms with Crippen LogP contribution in [-0.2, 0) is 6.61 Å². The smallest absolute Gasteiger partial charge is 0.349 e. The Morgan fingerprint density at radius 1 is 1.09 bits per heavy atom. The first-order valence-corrected chi connectivity index (χ1v) is 9.68. The Balaban J connectivity index is 1.74. The van der Waals surface area contributed by atoms with Crippen LogP contribution >= 0.6 is 0 Å². The van der Waals surface area contributed by atoms with E-state index in [-0.39, 0.29) is 23.6 Å². The molecular weight excluding hydrogens is 412 g/mol. The van der Waals surface area contributed by atoms with Gasteiger partial charge in [0.25, 0.3) is 5.56 Å². The molecule has 0 aliphatic carbocycles. The van der Waals surface area contributed by atoms with Crippen molar-refractivity contribution in [1.82, 2.24) is 9.66 Å². The van der Waals surface area contributed by atoms with Crippen LogP contribution in [0.2, 0.25) is 0 Å². The summed E-state index contributed by atoms with van der Waals surface area (Å²) in [5, 5.41) is 15.8. The Morgan fingerprint density at radius 3 is 2.66 bits per heavy atom. The number of aryl methyl sites for hydroxylation is 1. The average molecular weight is 430 g/mol. The molecule has 0 spiro atoms. The Bertz CT molecular complexity index is 1470. The van der Waals surface area contributed by atoms with Crippen molar-refractivity contribution in [3.63, 3.8) is 0 Å². The first kappa shape index (κ1) is 20.7. The van der Waals surface area contributed by atoms with E-state index < -0.39 is 16.2 Å². The molecule has 1 aromatic heterocycles. The summed E-state index contributed by atoms with van der Waals surface area (Å²) in [7, 11) is 0. The lowest BCUT2D eigenvalue weighted by Crippen LogP contribution is -2.32. The standard InChI is InChI=1S/C23H18N4O5/c1-15-6-4-7-16(12-15)14-32-21-17(8-5-11-20(21)27(30)31)13-24-26-22(28)18-9-2-3-10-19(18)25-23(26)29/h2-13H,14H2,1H3,(H,25,29). The Labute approximate surface area is 181 Å². The maximum atomic E-state index is 12.7. The van der Waals surface area contributed by atoms with Crippen molar-refractivity contribution in [2.45, 2.75) is 13.5 Å². The van der Waals surface area contributed by atoms with Crippen molar-refractivity contribution < 1.29 is 9.66 Å². The number of benzene rings is 3. The minimum atomic E-state index is -0.724. The molecule has 1 heterocycles. The molecule has 0 bridgehead atoms. The summed E-state index contributed by atoms with van der Waals surface area (Å²) in [6, 6.07) is 18.5. The lowest BCUT2D eigenvalue weighted by Gasteiger charge is -2.10. The van der Waals surface area contributed by atoms with Crippen molar-refractivity contribution in [2.75, 3.05) is 0 Å². The number of fused-ring (bicyclic) bond motifs is 1. The molecule has 4 aromatic rings. The van der Waals surface area contributed by atoms with Crippen LogP contribution in [0.3, 0.4) is 0 Å². The number of aromatic amines is 1. The molecule has 9 heteroatoms. The lowest BCUT2D eigenvalue weighted by molar-refractivity contribution is -0.385. The fourth-order valence-electron chi connectivity index (χ4n) is 3.28. The third kappa shape index (κ3) is 4.17. The first-order valence-electron chi connectivity index (χ1n) is 9.68. The van der Waals surface area contributed by atoms with Crippen molar-refractivity contribution in [3.05, 3.63) is 114 Å². The molecule has 0 unspecified atom stereocenters. The molecule has 9 nitrogen and oxygen atoms in total. The quantitative estimate of drug-likeness (QED) is 0.286. The highest BCUT2D eigenvalue weighted by molar-refractivity contribution is 5.86. The van der Waals surface area contributed by atoms with E-state index in [0.717, 1.165) is 11.1 Å². The van der Waals surface area contributed by atoms with Crippen LogP contribution in [0.1, 0.15) is 16.7 Å². The molecule has 32 heavy (non-hydrogen) atoms. The van der Waals surface area contributed by atoms with E-state index in [9.17, 15) is 19.7 Å². The number of hydrogen-bond acceptors (Lipinski definition) is 6. The molecule has 160 valence electrons. The Hall–Kier alpha value is -4.53. The van der Waals surface area contributed by atoms with Crippen LogP contribution in [0.25, 0.3) is 10.9 Å². The Kier molecular flexibility index (Phi) is 5.63. The molecule has 0 amide bonds. The molecular formula is C23H18N4O5. The van der Waals surface area contributed by atoms with E-state index in [1.54, 1.807) is 30.3 Å². The highest BCUT2D eigenvalue weighted by Gasteiger charge is 2.19. The van der Waals surface area contributed by atoms with E-state index in [1.165, 1.54) is 18.3 Å². The number of ether oxygens (including phenoxy) is 1. The summed E-state index contributed by atoms with van der Waals surface area (Å²) >= 11 is 0. The summed E-state index contributed by atoms with van der Waals surface area (Å²) in [6.07, 6.45) is 1.20. The van der Waals surface area contributed by atoms with Gasteiger partial charge in [-0.25, -0.2) is 4.79 Å². The van der Waals surface area contributed by atoms with Crippen LogP contribution < -0.4 is 16.0 Å². The summed E-state index contributed by atoms with van der Waals surface area (Å²) in [4.78, 5) is 38.6. The van der Waals surface area contributed by atoms with Gasteiger partial charge in [-0.15, -0.1) is 4.68 Å². The second kappa shape index (κ2) is 8.68. The summed E-state index contributed by atoms with van der Waals surface area (Å²) < 4.78 is 6.46. The molecule has 0 atom stereocenters. The molecule has 0 radical (unpaired) electrons. The minimum Gasteiger partial charge on any atom is -0.481 e. The van der Waals surface area contributed by atoms with Gasteiger partial charge in [0, 0.05) is 11.6 Å². The first-order chi connectivity index (χ1) is 15.4. The molecule has 1 N–H and O–H groups in total. The SMILES string of the molecule is Cc1cccc(COc2c(C=Nn3c(=O)[nH]c4ccccc4c3=O)cccc2[N+](=O)[O-])c1. The largest absolute Gasteiger partial charge is 0.481 e. The van der Waals surface area contributed by atoms with Crippen molar-refractivity contribution in [1.29, 1.82) is 0 Å². The number of nitrogens with one attached hydrogen (secondary N) is 1. The number of nitro groups is 1. The predicted octanol–water partition coefficient (Wildman–Crippen LogP) is 3.37. The Morgan fingerprint density at radius 2 is 1.88 bits per heavy atom. The molecule has 0 aliphatic rings. The van der Waals surface area contributed by atoms with Crippen molar-refractivity contribution in [3.8, 4) is 5.75 Å². The topological polar surface area (TPSA) is 120 Å². The molecule has 0 saturated heterocycles. The normalized spacial score (nSPS) is 11.2. The summed E-state index contributed by atoms with van der Waals surface area (Å²) in [5.41, 5.74) is 0.948. The van der Waals surface area contributed by atoms with Crippen LogP contribution in [0, 0.1) is 17.0 Å². The van der Waals surface area contributed by atoms with E-state index in [4.69, 9.17) is 4.74 Å². The van der Waals surface area contributed by atoms with Crippen molar-refractivity contribution in [2.24, 2.45) is 5.10 Å². The monoisotopic (exact) mass is 430 g/mol. The van der Waals surface area contributed by atoms with Gasteiger partial charge in [-0.05, 0) is 30.7 Å². The molecule has 0 fully saturated rings. The molecule has 4 rings (SSSR count). The number of para-hydroxylation sites is 2. The fourth-order valence-corrected chi connectivity index (χ4v) is 3.28. The van der Waals surface area contributed by atoms with Gasteiger partial charge >= 0.3 is 11.4 Å². The number of nitrogens with zero attached hydrogens (tertiary/aromatic N) is 3. The third-order valence-corrected chi connectivity index (χ3v) is 4.78. The zero-order chi connectivity index (χ0) is 22.7. The van der Waals surface area contributed by atoms with E-state index >= 15 is 0 Å². The minimum absolute atomic E-state index is 0.00646. The van der Waals surface area contributed by atoms with Gasteiger partial charge < -0.3 is 9.72 Å². The highest BCUT2D eigenvalue weighted by Crippen LogP contribution is 2.30. The van der Waals surface area contributed by atoms with Gasteiger partial charge in [-0.1, -0.05) is 48.0 Å². The number of aromatic nitrogens is 2. The second-order valence-electron chi connectivity index (χ2n) is 7.07. The van der Waals surface area contributed by atoms with Crippen molar-refractivity contribution >= 4 is 22.8 Å². The van der Waals surface area contributed by atoms with Gasteiger partial charge in [0.2, 0.25) is 5.75 Å². The fraction of sp³-hybridized carbons (Fsp3) is 0.0870. The zero-order valence-electron chi connectivity index (χ0n) is 17.0. The molecule has 0 saturated carbocycles. The average Bonchev–Trinajstić information content (AvgIpc) is 2.77. The molecule has 0 aliphatic heterocycles. The number of hydrogen-bond donors (Lipinski definition) is 1.